The van der Waals surface area contributed by atoms with Crippen molar-refractivity contribution in [1.82, 2.24) is 15.3 Å². The van der Waals surface area contributed by atoms with E-state index in [1.165, 1.54) is 6.33 Å². The maximum absolute atomic E-state index is 12.0. The number of hydrogen-bond donors (Lipinski definition) is 3. The van der Waals surface area contributed by atoms with Crippen LogP contribution in [0.2, 0.25) is 0 Å². The molecule has 7 nitrogen and oxygen atoms in total. The van der Waals surface area contributed by atoms with Gasteiger partial charge >= 0.3 is 5.97 Å². The highest BCUT2D eigenvalue weighted by Gasteiger charge is 2.18. The number of aromatic nitrogens is 2. The standard InChI is InChI=1S/C25H24N4O3/c1-26-14-22(17-6-4-3-5-7-17)29-24-20-12-18(16-8-10-19(32-2)11-9-16)13-21(25(30)31)23(20)27-15-28-24/h3-13,15,22,26H,14H2,1-2H3,(H,30,31)(H,27,28,29). The summed E-state index contributed by atoms with van der Waals surface area (Å²) in [6.45, 7) is 0.666. The van der Waals surface area contributed by atoms with Gasteiger partial charge in [-0.05, 0) is 48.0 Å². The Balaban J connectivity index is 1.84. The molecule has 0 saturated carbocycles. The van der Waals surface area contributed by atoms with E-state index in [4.69, 9.17) is 4.74 Å². The molecule has 0 bridgehead atoms. The number of nitrogens with zero attached hydrogens (tertiary/aromatic N) is 2. The molecule has 3 N–H and O–H groups in total. The lowest BCUT2D eigenvalue weighted by Gasteiger charge is -2.21. The van der Waals surface area contributed by atoms with E-state index in [1.54, 1.807) is 13.2 Å². The van der Waals surface area contributed by atoms with Gasteiger partial charge in [0, 0.05) is 11.9 Å². The molecule has 32 heavy (non-hydrogen) atoms. The number of carboxylic acids is 1. The molecule has 0 spiro atoms. The van der Waals surface area contributed by atoms with Crippen molar-refractivity contribution in [3.05, 3.63) is 84.2 Å². The Labute approximate surface area is 186 Å². The van der Waals surface area contributed by atoms with Gasteiger partial charge in [0.15, 0.2) is 0 Å². The van der Waals surface area contributed by atoms with Gasteiger partial charge in [-0.1, -0.05) is 42.5 Å². The number of hydrogen-bond acceptors (Lipinski definition) is 6. The number of nitrogens with one attached hydrogen (secondary N) is 2. The van der Waals surface area contributed by atoms with Crippen LogP contribution in [0.15, 0.2) is 73.1 Å². The molecule has 162 valence electrons. The second kappa shape index (κ2) is 9.45. The van der Waals surface area contributed by atoms with Gasteiger partial charge in [-0.3, -0.25) is 0 Å². The summed E-state index contributed by atoms with van der Waals surface area (Å²) in [6.07, 6.45) is 1.39. The molecule has 4 aromatic rings. The zero-order valence-corrected chi connectivity index (χ0v) is 17.9. The number of aromatic carboxylic acids is 1. The number of carbonyl (C=O) groups is 1. The van der Waals surface area contributed by atoms with E-state index in [-0.39, 0.29) is 11.6 Å². The molecule has 4 rings (SSSR count). The van der Waals surface area contributed by atoms with Crippen LogP contribution >= 0.6 is 0 Å². The second-order valence-electron chi connectivity index (χ2n) is 7.34. The van der Waals surface area contributed by atoms with Crippen LogP contribution in [0.4, 0.5) is 5.82 Å². The second-order valence-corrected chi connectivity index (χ2v) is 7.34. The summed E-state index contributed by atoms with van der Waals surface area (Å²) in [5.41, 5.74) is 3.26. The fraction of sp³-hybridized carbons (Fsp3) is 0.160. The summed E-state index contributed by atoms with van der Waals surface area (Å²) in [4.78, 5) is 20.8. The molecule has 0 saturated heterocycles. The van der Waals surface area contributed by atoms with Crippen molar-refractivity contribution in [3.63, 3.8) is 0 Å². The van der Waals surface area contributed by atoms with Crippen LogP contribution in [0, 0.1) is 0 Å². The van der Waals surface area contributed by atoms with E-state index in [0.29, 0.717) is 23.3 Å². The lowest BCUT2D eigenvalue weighted by atomic mass is 9.99. The molecule has 1 unspecified atom stereocenters. The summed E-state index contributed by atoms with van der Waals surface area (Å²) >= 11 is 0. The van der Waals surface area contributed by atoms with Gasteiger partial charge in [0.25, 0.3) is 0 Å². The normalized spacial score (nSPS) is 11.8. The van der Waals surface area contributed by atoms with Crippen LogP contribution in [-0.4, -0.2) is 41.7 Å². The molecule has 7 heteroatoms. The van der Waals surface area contributed by atoms with Crippen LogP contribution in [0.3, 0.4) is 0 Å². The topological polar surface area (TPSA) is 96.4 Å². The van der Waals surface area contributed by atoms with Crippen LogP contribution in [0.5, 0.6) is 5.75 Å². The third-order valence-corrected chi connectivity index (χ3v) is 5.31. The van der Waals surface area contributed by atoms with E-state index >= 15 is 0 Å². The van der Waals surface area contributed by atoms with Crippen molar-refractivity contribution in [2.75, 3.05) is 26.0 Å². The first-order valence-electron chi connectivity index (χ1n) is 10.2. The molecule has 0 aliphatic carbocycles. The monoisotopic (exact) mass is 428 g/mol. The Bertz CT molecular complexity index is 1230. The molecular formula is C25H24N4O3. The Morgan fingerprint density at radius 2 is 1.78 bits per heavy atom. The Hall–Kier alpha value is -3.97. The molecule has 0 aliphatic heterocycles. The van der Waals surface area contributed by atoms with Crippen molar-refractivity contribution in [3.8, 4) is 16.9 Å². The summed E-state index contributed by atoms with van der Waals surface area (Å²) in [5, 5.41) is 17.2. The largest absolute Gasteiger partial charge is 0.497 e. The molecule has 1 aromatic heterocycles. The lowest BCUT2D eigenvalue weighted by molar-refractivity contribution is 0.0699. The van der Waals surface area contributed by atoms with Gasteiger partial charge in [-0.15, -0.1) is 0 Å². The van der Waals surface area contributed by atoms with Crippen molar-refractivity contribution in [1.29, 1.82) is 0 Å². The average molecular weight is 428 g/mol. The highest BCUT2D eigenvalue weighted by Crippen LogP contribution is 2.32. The van der Waals surface area contributed by atoms with Crippen LogP contribution in [0.25, 0.3) is 22.0 Å². The van der Waals surface area contributed by atoms with Crippen LogP contribution in [-0.2, 0) is 0 Å². The Kier molecular flexibility index (Phi) is 6.28. The van der Waals surface area contributed by atoms with Gasteiger partial charge in [-0.2, -0.15) is 0 Å². The Morgan fingerprint density at radius 1 is 1.03 bits per heavy atom. The molecule has 3 aromatic carbocycles. The fourth-order valence-electron chi connectivity index (χ4n) is 3.70. The first kappa shape index (κ1) is 21.3. The average Bonchev–Trinajstić information content (AvgIpc) is 2.84. The third kappa shape index (κ3) is 4.38. The van der Waals surface area contributed by atoms with Gasteiger partial charge in [0.2, 0.25) is 0 Å². The summed E-state index contributed by atoms with van der Waals surface area (Å²) in [7, 11) is 3.50. The predicted molar refractivity (Wildman–Crippen MR) is 125 cm³/mol. The molecule has 0 fully saturated rings. The predicted octanol–water partition coefficient (Wildman–Crippen LogP) is 4.38. The van der Waals surface area contributed by atoms with Crippen molar-refractivity contribution in [2.24, 2.45) is 0 Å². The van der Waals surface area contributed by atoms with E-state index < -0.39 is 5.97 Å². The lowest BCUT2D eigenvalue weighted by Crippen LogP contribution is -2.24. The number of ether oxygens (including phenoxy) is 1. The number of methoxy groups -OCH3 is 1. The fourth-order valence-corrected chi connectivity index (χ4v) is 3.70. The molecular weight excluding hydrogens is 404 g/mol. The number of fused-ring (bicyclic) bond motifs is 1. The molecule has 0 aliphatic rings. The SMILES string of the molecule is CNCC(Nc1ncnc2c(C(=O)O)cc(-c3ccc(OC)cc3)cc12)c1ccccc1. The summed E-state index contributed by atoms with van der Waals surface area (Å²) in [5.74, 6) is 0.276. The first-order valence-corrected chi connectivity index (χ1v) is 10.2. The van der Waals surface area contributed by atoms with E-state index in [2.05, 4.69) is 20.6 Å². The zero-order chi connectivity index (χ0) is 22.5. The maximum atomic E-state index is 12.0. The number of anilines is 1. The minimum absolute atomic E-state index is 0.0581. The highest BCUT2D eigenvalue weighted by molar-refractivity contribution is 6.06. The van der Waals surface area contributed by atoms with Crippen molar-refractivity contribution < 1.29 is 14.6 Å². The maximum Gasteiger partial charge on any atom is 0.337 e. The smallest absolute Gasteiger partial charge is 0.337 e. The highest BCUT2D eigenvalue weighted by atomic mass is 16.5. The van der Waals surface area contributed by atoms with E-state index in [9.17, 15) is 9.90 Å². The molecule has 0 amide bonds. The number of likely N-dealkylation sites (N-methyl/N-ethyl adjacent to an activating group) is 1. The Morgan fingerprint density at radius 3 is 2.44 bits per heavy atom. The van der Waals surface area contributed by atoms with E-state index in [0.717, 1.165) is 22.4 Å². The van der Waals surface area contributed by atoms with Gasteiger partial charge < -0.3 is 20.5 Å². The van der Waals surface area contributed by atoms with Gasteiger partial charge in [0.05, 0.1) is 24.2 Å². The molecule has 0 radical (unpaired) electrons. The van der Waals surface area contributed by atoms with Crippen LogP contribution < -0.4 is 15.4 Å². The summed E-state index contributed by atoms with van der Waals surface area (Å²) in [6, 6.07) is 21.0. The summed E-state index contributed by atoms with van der Waals surface area (Å²) < 4.78 is 5.24. The number of rotatable bonds is 8. The minimum Gasteiger partial charge on any atom is -0.497 e. The van der Waals surface area contributed by atoms with Crippen molar-refractivity contribution in [2.45, 2.75) is 6.04 Å². The first-order chi connectivity index (χ1) is 15.6. The molecule has 1 heterocycles. The number of benzene rings is 3. The third-order valence-electron chi connectivity index (χ3n) is 5.31. The van der Waals surface area contributed by atoms with E-state index in [1.807, 2.05) is 67.7 Å². The molecule has 1 atom stereocenters. The number of carboxylic acid groups (broad SMARTS) is 1. The van der Waals surface area contributed by atoms with Gasteiger partial charge in [0.1, 0.15) is 17.9 Å². The quantitative estimate of drug-likeness (QED) is 0.383. The van der Waals surface area contributed by atoms with Crippen LogP contribution in [0.1, 0.15) is 22.0 Å². The minimum atomic E-state index is -1.04. The zero-order valence-electron chi connectivity index (χ0n) is 17.9. The van der Waals surface area contributed by atoms with Crippen molar-refractivity contribution >= 4 is 22.7 Å². The van der Waals surface area contributed by atoms with Gasteiger partial charge in [-0.25, -0.2) is 14.8 Å².